The molecule has 2 heterocycles. The Balaban J connectivity index is 1.83. The van der Waals surface area contributed by atoms with Crippen LogP contribution in [0.1, 0.15) is 24.1 Å². The van der Waals surface area contributed by atoms with E-state index in [1.165, 1.54) is 17.4 Å². The zero-order valence-corrected chi connectivity index (χ0v) is 16.5. The van der Waals surface area contributed by atoms with E-state index in [0.717, 1.165) is 5.56 Å². The van der Waals surface area contributed by atoms with E-state index >= 15 is 0 Å². The predicted molar refractivity (Wildman–Crippen MR) is 109 cm³/mol. The maximum atomic E-state index is 12.6. The number of benzene rings is 1. The molecule has 8 heteroatoms. The minimum Gasteiger partial charge on any atom is -0.463 e. The van der Waals surface area contributed by atoms with Crippen LogP contribution in [0.5, 0.6) is 0 Å². The lowest BCUT2D eigenvalue weighted by atomic mass is 9.95. The van der Waals surface area contributed by atoms with E-state index in [1.807, 2.05) is 22.9 Å². The molecule has 0 saturated carbocycles. The Hall–Kier alpha value is -3.39. The van der Waals surface area contributed by atoms with E-state index in [9.17, 15) is 14.4 Å². The van der Waals surface area contributed by atoms with Gasteiger partial charge in [-0.15, -0.1) is 0 Å². The van der Waals surface area contributed by atoms with Crippen LogP contribution in [-0.4, -0.2) is 31.2 Å². The number of urea groups is 1. The van der Waals surface area contributed by atoms with E-state index in [4.69, 9.17) is 9.47 Å². The van der Waals surface area contributed by atoms with Crippen LogP contribution in [0, 0.1) is 0 Å². The lowest BCUT2D eigenvalue weighted by molar-refractivity contribution is -0.140. The van der Waals surface area contributed by atoms with Crippen LogP contribution in [0.2, 0.25) is 0 Å². The molecule has 1 aliphatic rings. The maximum absolute atomic E-state index is 12.6. The fraction of sp³-hybridized carbons (Fsp3) is 0.190. The molecule has 2 aromatic rings. The van der Waals surface area contributed by atoms with Crippen molar-refractivity contribution >= 4 is 35.4 Å². The van der Waals surface area contributed by atoms with Gasteiger partial charge in [0, 0.05) is 6.08 Å². The summed E-state index contributed by atoms with van der Waals surface area (Å²) in [5, 5.41) is 9.07. The zero-order valence-electron chi connectivity index (χ0n) is 15.7. The second-order valence-corrected chi connectivity index (χ2v) is 6.83. The van der Waals surface area contributed by atoms with Gasteiger partial charge in [-0.05, 0) is 41.0 Å². The average molecular weight is 412 g/mol. The van der Waals surface area contributed by atoms with Gasteiger partial charge in [0.1, 0.15) is 6.61 Å². The fourth-order valence-electron chi connectivity index (χ4n) is 2.80. The number of esters is 2. The smallest absolute Gasteiger partial charge is 0.338 e. The second kappa shape index (κ2) is 9.70. The fourth-order valence-corrected chi connectivity index (χ4v) is 3.43. The van der Waals surface area contributed by atoms with Gasteiger partial charge in [0.25, 0.3) is 0 Å². The highest BCUT2D eigenvalue weighted by Crippen LogP contribution is 2.27. The highest BCUT2D eigenvalue weighted by Gasteiger charge is 2.34. The molecule has 2 N–H and O–H groups in total. The summed E-state index contributed by atoms with van der Waals surface area (Å²) in [4.78, 5) is 36.8. The lowest BCUT2D eigenvalue weighted by Gasteiger charge is -2.29. The van der Waals surface area contributed by atoms with Crippen LogP contribution in [0.15, 0.2) is 64.5 Å². The minimum absolute atomic E-state index is 0.175. The largest absolute Gasteiger partial charge is 0.463 e. The molecule has 0 bridgehead atoms. The molecule has 1 aromatic heterocycles. The van der Waals surface area contributed by atoms with E-state index in [1.54, 1.807) is 37.3 Å². The Morgan fingerprint density at radius 1 is 1.17 bits per heavy atom. The molecular formula is C21H20N2O5S. The molecular weight excluding hydrogens is 392 g/mol. The average Bonchev–Trinajstić information content (AvgIpc) is 3.24. The Bertz CT molecular complexity index is 935. The third-order valence-corrected chi connectivity index (χ3v) is 4.80. The molecule has 7 nitrogen and oxygen atoms in total. The summed E-state index contributed by atoms with van der Waals surface area (Å²) in [6, 6.07) is 9.70. The van der Waals surface area contributed by atoms with Crippen molar-refractivity contribution in [3.8, 4) is 0 Å². The number of hydrogen-bond acceptors (Lipinski definition) is 6. The Morgan fingerprint density at radius 2 is 1.97 bits per heavy atom. The maximum Gasteiger partial charge on any atom is 0.338 e. The molecule has 0 aliphatic carbocycles. The van der Waals surface area contributed by atoms with Gasteiger partial charge < -0.3 is 20.1 Å². The summed E-state index contributed by atoms with van der Waals surface area (Å²) in [6.45, 7) is 1.60. The monoisotopic (exact) mass is 412 g/mol. The summed E-state index contributed by atoms with van der Waals surface area (Å²) in [7, 11) is 0. The normalized spacial score (nSPS) is 16.3. The van der Waals surface area contributed by atoms with Gasteiger partial charge in [-0.3, -0.25) is 0 Å². The van der Waals surface area contributed by atoms with Crippen molar-refractivity contribution in [3.05, 3.63) is 75.6 Å². The molecule has 150 valence electrons. The molecule has 1 aromatic carbocycles. The molecule has 0 radical (unpaired) electrons. The lowest BCUT2D eigenvalue weighted by Crippen LogP contribution is -2.47. The van der Waals surface area contributed by atoms with Crippen LogP contribution in [-0.2, 0) is 19.1 Å². The predicted octanol–water partition coefficient (Wildman–Crippen LogP) is 3.18. The Labute approximate surface area is 172 Å². The van der Waals surface area contributed by atoms with Crippen molar-refractivity contribution in [2.24, 2.45) is 0 Å². The standard InChI is InChI=1S/C21H20N2O5S/c1-2-27-20(25)18-16(12-28-17(24)9-8-14-10-11-29-13-14)22-21(26)23-19(18)15-6-4-3-5-7-15/h3-11,13,19H,2,12H2,1H3,(H2,22,23,26)/b9-8+. The highest BCUT2D eigenvalue weighted by atomic mass is 32.1. The second-order valence-electron chi connectivity index (χ2n) is 6.05. The molecule has 0 spiro atoms. The molecule has 29 heavy (non-hydrogen) atoms. The molecule has 1 atom stereocenters. The summed E-state index contributed by atoms with van der Waals surface area (Å²) >= 11 is 1.52. The van der Waals surface area contributed by atoms with Crippen LogP contribution in [0.4, 0.5) is 4.79 Å². The summed E-state index contributed by atoms with van der Waals surface area (Å²) in [6.07, 6.45) is 2.93. The molecule has 2 amide bonds. The summed E-state index contributed by atoms with van der Waals surface area (Å²) in [5.41, 5.74) is 2.00. The van der Waals surface area contributed by atoms with Crippen LogP contribution in [0.3, 0.4) is 0 Å². The number of hydrogen-bond donors (Lipinski definition) is 2. The first kappa shape index (κ1) is 20.3. The van der Waals surface area contributed by atoms with Crippen molar-refractivity contribution < 1.29 is 23.9 Å². The molecule has 3 rings (SSSR count). The van der Waals surface area contributed by atoms with Gasteiger partial charge in [0.15, 0.2) is 0 Å². The number of thiophene rings is 1. The number of amides is 2. The van der Waals surface area contributed by atoms with Crippen molar-refractivity contribution in [2.45, 2.75) is 13.0 Å². The SMILES string of the molecule is CCOC(=O)C1=C(COC(=O)/C=C/c2ccsc2)NC(=O)NC1c1ccccc1. The van der Waals surface area contributed by atoms with Crippen LogP contribution in [0.25, 0.3) is 6.08 Å². The van der Waals surface area contributed by atoms with Crippen molar-refractivity contribution in [1.82, 2.24) is 10.6 Å². The van der Waals surface area contributed by atoms with Crippen molar-refractivity contribution in [3.63, 3.8) is 0 Å². The summed E-state index contributed by atoms with van der Waals surface area (Å²) in [5.74, 6) is -1.18. The summed E-state index contributed by atoms with van der Waals surface area (Å²) < 4.78 is 10.4. The first-order valence-corrected chi connectivity index (χ1v) is 9.92. The number of carbonyl (C=O) groups excluding carboxylic acids is 3. The van der Waals surface area contributed by atoms with Gasteiger partial charge in [-0.2, -0.15) is 11.3 Å². The number of carbonyl (C=O) groups is 3. The van der Waals surface area contributed by atoms with E-state index < -0.39 is 24.0 Å². The first-order valence-electron chi connectivity index (χ1n) is 8.98. The van der Waals surface area contributed by atoms with E-state index in [0.29, 0.717) is 5.56 Å². The van der Waals surface area contributed by atoms with Crippen LogP contribution < -0.4 is 10.6 Å². The minimum atomic E-state index is -0.709. The Morgan fingerprint density at radius 3 is 2.66 bits per heavy atom. The van der Waals surface area contributed by atoms with Crippen LogP contribution >= 0.6 is 11.3 Å². The third kappa shape index (κ3) is 5.32. The van der Waals surface area contributed by atoms with Gasteiger partial charge in [-0.25, -0.2) is 14.4 Å². The van der Waals surface area contributed by atoms with Gasteiger partial charge >= 0.3 is 18.0 Å². The number of ether oxygens (including phenoxy) is 2. The van der Waals surface area contributed by atoms with Crippen molar-refractivity contribution in [1.29, 1.82) is 0 Å². The molecule has 1 unspecified atom stereocenters. The molecule has 1 aliphatic heterocycles. The number of rotatable bonds is 7. The van der Waals surface area contributed by atoms with E-state index in [-0.39, 0.29) is 24.5 Å². The van der Waals surface area contributed by atoms with Gasteiger partial charge in [0.2, 0.25) is 0 Å². The first-order chi connectivity index (χ1) is 14.1. The zero-order chi connectivity index (χ0) is 20.6. The van der Waals surface area contributed by atoms with Crippen molar-refractivity contribution in [2.75, 3.05) is 13.2 Å². The molecule has 0 saturated heterocycles. The van der Waals surface area contributed by atoms with Gasteiger partial charge in [-0.1, -0.05) is 30.3 Å². The topological polar surface area (TPSA) is 93.7 Å². The quantitative estimate of drug-likeness (QED) is 0.538. The Kier molecular flexibility index (Phi) is 6.80. The van der Waals surface area contributed by atoms with E-state index in [2.05, 4.69) is 10.6 Å². The number of nitrogens with one attached hydrogen (secondary N) is 2. The van der Waals surface area contributed by atoms with Gasteiger partial charge in [0.05, 0.1) is 23.9 Å². The highest BCUT2D eigenvalue weighted by molar-refractivity contribution is 7.08. The third-order valence-electron chi connectivity index (χ3n) is 4.10. The molecule has 0 fully saturated rings.